The SMILES string of the molecule is COC(=O)c1cc2c(OC(=O)N(C)C)cccc2[n+](C)c1.[I-]. The molecule has 0 N–H and O–H groups in total. The molecule has 118 valence electrons. The van der Waals surface area contributed by atoms with E-state index >= 15 is 0 Å². The van der Waals surface area contributed by atoms with Crippen molar-refractivity contribution in [3.05, 3.63) is 36.0 Å². The Kier molecular flexibility index (Phi) is 6.10. The maximum Gasteiger partial charge on any atom is 0.414 e. The summed E-state index contributed by atoms with van der Waals surface area (Å²) in [6.07, 6.45) is 1.19. The van der Waals surface area contributed by atoms with Crippen molar-refractivity contribution in [3.63, 3.8) is 0 Å². The van der Waals surface area contributed by atoms with Crippen LogP contribution >= 0.6 is 0 Å². The zero-order chi connectivity index (χ0) is 15.6. The molecule has 2 rings (SSSR count). The molecule has 0 spiro atoms. The highest BCUT2D eigenvalue weighted by molar-refractivity contribution is 5.94. The van der Waals surface area contributed by atoms with Gasteiger partial charge in [-0.2, -0.15) is 0 Å². The van der Waals surface area contributed by atoms with Crippen molar-refractivity contribution in [2.75, 3.05) is 21.2 Å². The Bertz CT molecular complexity index is 716. The number of rotatable bonds is 2. The molecule has 0 radical (unpaired) electrons. The minimum atomic E-state index is -0.478. The highest BCUT2D eigenvalue weighted by atomic mass is 127. The maximum absolute atomic E-state index is 11.7. The molecule has 22 heavy (non-hydrogen) atoms. The van der Waals surface area contributed by atoms with Crippen LogP contribution in [0.2, 0.25) is 0 Å². The van der Waals surface area contributed by atoms with Gasteiger partial charge in [0.2, 0.25) is 5.52 Å². The number of halogens is 1. The summed E-state index contributed by atoms with van der Waals surface area (Å²) >= 11 is 0. The van der Waals surface area contributed by atoms with Crippen molar-refractivity contribution in [1.29, 1.82) is 0 Å². The van der Waals surface area contributed by atoms with E-state index in [1.807, 2.05) is 13.1 Å². The van der Waals surface area contributed by atoms with Crippen LogP contribution in [0.15, 0.2) is 30.5 Å². The van der Waals surface area contributed by atoms with Gasteiger partial charge >= 0.3 is 12.1 Å². The number of carbonyl (C=O) groups excluding carboxylic acids is 2. The first-order valence-electron chi connectivity index (χ1n) is 6.34. The summed E-state index contributed by atoms with van der Waals surface area (Å²) in [7, 11) is 6.34. The number of aryl methyl sites for hydroxylation is 1. The average Bonchev–Trinajstić information content (AvgIpc) is 2.46. The third-order valence-corrected chi connectivity index (χ3v) is 3.04. The molecule has 1 aromatic carbocycles. The molecule has 0 saturated carbocycles. The van der Waals surface area contributed by atoms with Crippen LogP contribution in [0, 0.1) is 0 Å². The third-order valence-electron chi connectivity index (χ3n) is 3.04. The van der Waals surface area contributed by atoms with Crippen molar-refractivity contribution in [2.45, 2.75) is 0 Å². The third kappa shape index (κ3) is 3.65. The number of methoxy groups -OCH3 is 1. The van der Waals surface area contributed by atoms with E-state index in [0.717, 1.165) is 5.52 Å². The molecule has 0 unspecified atom stereocenters. The molecule has 7 heteroatoms. The fraction of sp³-hybridized carbons (Fsp3) is 0.267. The van der Waals surface area contributed by atoms with E-state index in [9.17, 15) is 9.59 Å². The molecule has 0 fully saturated rings. The minimum absolute atomic E-state index is 0. The molecule has 0 aliphatic rings. The number of hydrogen-bond acceptors (Lipinski definition) is 4. The van der Waals surface area contributed by atoms with E-state index in [-0.39, 0.29) is 24.0 Å². The van der Waals surface area contributed by atoms with E-state index in [0.29, 0.717) is 16.7 Å². The number of pyridine rings is 1. The van der Waals surface area contributed by atoms with Gasteiger partial charge in [0.05, 0.1) is 12.5 Å². The quantitative estimate of drug-likeness (QED) is 0.341. The van der Waals surface area contributed by atoms with E-state index < -0.39 is 12.1 Å². The number of benzene rings is 1. The molecule has 0 aliphatic heterocycles. The Morgan fingerprint density at radius 3 is 2.50 bits per heavy atom. The normalized spacial score (nSPS) is 9.82. The summed E-state index contributed by atoms with van der Waals surface area (Å²) in [5, 5.41) is 0.665. The van der Waals surface area contributed by atoms with Gasteiger partial charge in [-0.3, -0.25) is 0 Å². The number of amides is 1. The number of carbonyl (C=O) groups is 2. The van der Waals surface area contributed by atoms with E-state index in [1.165, 1.54) is 12.0 Å². The first-order valence-corrected chi connectivity index (χ1v) is 6.34. The molecule has 1 amide bonds. The number of nitrogens with zero attached hydrogens (tertiary/aromatic N) is 2. The van der Waals surface area contributed by atoms with Gasteiger partial charge in [0.15, 0.2) is 6.20 Å². The summed E-state index contributed by atoms with van der Waals surface area (Å²) in [6.45, 7) is 0. The van der Waals surface area contributed by atoms with Gasteiger partial charge < -0.3 is 38.4 Å². The second-order valence-corrected chi connectivity index (χ2v) is 4.78. The molecule has 0 bridgehead atoms. The lowest BCUT2D eigenvalue weighted by Gasteiger charge is -2.12. The molecular formula is C15H17IN2O4. The van der Waals surface area contributed by atoms with Crippen molar-refractivity contribution in [3.8, 4) is 5.75 Å². The Morgan fingerprint density at radius 1 is 1.23 bits per heavy atom. The minimum Gasteiger partial charge on any atom is -1.00 e. The monoisotopic (exact) mass is 416 g/mol. The number of hydrogen-bond donors (Lipinski definition) is 0. The number of ether oxygens (including phenoxy) is 2. The summed E-state index contributed by atoms with van der Waals surface area (Å²) in [5.41, 5.74) is 1.23. The van der Waals surface area contributed by atoms with Crippen LogP contribution < -0.4 is 33.3 Å². The molecule has 0 aliphatic carbocycles. The Labute approximate surface area is 145 Å². The lowest BCUT2D eigenvalue weighted by Crippen LogP contribution is -3.00. The van der Waals surface area contributed by atoms with Gasteiger partial charge in [0.25, 0.3) is 0 Å². The molecule has 6 nitrogen and oxygen atoms in total. The fourth-order valence-corrected chi connectivity index (χ4v) is 1.96. The number of esters is 1. The highest BCUT2D eigenvalue weighted by Gasteiger charge is 2.18. The van der Waals surface area contributed by atoms with Gasteiger partial charge in [-0.05, 0) is 12.1 Å². The Morgan fingerprint density at radius 2 is 1.91 bits per heavy atom. The van der Waals surface area contributed by atoms with Crippen LogP contribution in [0.1, 0.15) is 10.4 Å². The van der Waals surface area contributed by atoms with Crippen LogP contribution in [-0.4, -0.2) is 38.2 Å². The average molecular weight is 416 g/mol. The summed E-state index contributed by atoms with van der Waals surface area (Å²) in [6, 6.07) is 7.01. The van der Waals surface area contributed by atoms with Crippen LogP contribution in [-0.2, 0) is 11.8 Å². The lowest BCUT2D eigenvalue weighted by atomic mass is 10.1. The van der Waals surface area contributed by atoms with Gasteiger partial charge in [-0.15, -0.1) is 0 Å². The second kappa shape index (κ2) is 7.39. The molecular weight excluding hydrogens is 399 g/mol. The fourth-order valence-electron chi connectivity index (χ4n) is 1.96. The smallest absolute Gasteiger partial charge is 0.414 e. The van der Waals surface area contributed by atoms with Crippen molar-refractivity contribution >= 4 is 23.0 Å². The summed E-state index contributed by atoms with van der Waals surface area (Å²) in [4.78, 5) is 24.8. The zero-order valence-corrected chi connectivity index (χ0v) is 14.9. The molecule has 1 aromatic heterocycles. The number of fused-ring (bicyclic) bond motifs is 1. The first kappa shape index (κ1) is 18.1. The first-order chi connectivity index (χ1) is 9.93. The molecule has 0 atom stereocenters. The van der Waals surface area contributed by atoms with E-state index in [1.54, 1.807) is 43.1 Å². The molecule has 2 aromatic rings. The molecule has 0 saturated heterocycles. The Balaban J connectivity index is 0.00000242. The predicted octanol–water partition coefficient (Wildman–Crippen LogP) is -1.48. The van der Waals surface area contributed by atoms with Gasteiger partial charge in [-0.25, -0.2) is 14.2 Å². The predicted molar refractivity (Wildman–Crippen MR) is 76.2 cm³/mol. The topological polar surface area (TPSA) is 59.7 Å². The maximum atomic E-state index is 11.7. The largest absolute Gasteiger partial charge is 1.00 e. The lowest BCUT2D eigenvalue weighted by molar-refractivity contribution is -0.645. The number of aromatic nitrogens is 1. The highest BCUT2D eigenvalue weighted by Crippen LogP contribution is 2.25. The van der Waals surface area contributed by atoms with Gasteiger partial charge in [0.1, 0.15) is 18.4 Å². The van der Waals surface area contributed by atoms with Crippen LogP contribution in [0.25, 0.3) is 10.9 Å². The van der Waals surface area contributed by atoms with Crippen molar-refractivity contribution < 1.29 is 47.6 Å². The van der Waals surface area contributed by atoms with E-state index in [2.05, 4.69) is 0 Å². The molecule has 1 heterocycles. The van der Waals surface area contributed by atoms with Crippen molar-refractivity contribution in [1.82, 2.24) is 4.90 Å². The standard InChI is InChI=1S/C15H17N2O4.HI/c1-16(2)15(19)21-13-7-5-6-12-11(13)8-10(9-17(12)3)14(18)20-4;/h5-9H,1-4H3;1H/q+1;/p-1. The summed E-state index contributed by atoms with van der Waals surface area (Å²) < 4.78 is 11.9. The van der Waals surface area contributed by atoms with Crippen LogP contribution in [0.5, 0.6) is 5.75 Å². The summed E-state index contributed by atoms with van der Waals surface area (Å²) in [5.74, 6) is -0.0474. The zero-order valence-electron chi connectivity index (χ0n) is 12.8. The second-order valence-electron chi connectivity index (χ2n) is 4.78. The van der Waals surface area contributed by atoms with E-state index in [4.69, 9.17) is 9.47 Å². The van der Waals surface area contributed by atoms with Crippen LogP contribution in [0.4, 0.5) is 4.79 Å². The van der Waals surface area contributed by atoms with Gasteiger partial charge in [-0.1, -0.05) is 6.07 Å². The van der Waals surface area contributed by atoms with Crippen LogP contribution in [0.3, 0.4) is 0 Å². The van der Waals surface area contributed by atoms with Crippen molar-refractivity contribution in [2.24, 2.45) is 7.05 Å². The van der Waals surface area contributed by atoms with Gasteiger partial charge in [0, 0.05) is 20.2 Å². The Hall–Kier alpha value is -1.90.